The van der Waals surface area contributed by atoms with Crippen molar-refractivity contribution in [1.29, 1.82) is 0 Å². The van der Waals surface area contributed by atoms with Gasteiger partial charge in [-0.3, -0.25) is 4.79 Å². The number of amides is 1. The van der Waals surface area contributed by atoms with Gasteiger partial charge in [-0.2, -0.15) is 0 Å². The van der Waals surface area contributed by atoms with E-state index in [-0.39, 0.29) is 5.91 Å². The standard InChI is InChI=1S/C16H21ClN2O/c1-19(2)16(20)13-9-12(5-6-14(13)17)18-15-8-10-3-4-11(15)7-10/h5-6,9-11,15,18H,3-4,7-8H2,1-2H3. The van der Waals surface area contributed by atoms with Crippen molar-refractivity contribution in [2.45, 2.75) is 31.7 Å². The van der Waals surface area contributed by atoms with Gasteiger partial charge in [0.15, 0.2) is 0 Å². The Morgan fingerprint density at radius 2 is 2.10 bits per heavy atom. The summed E-state index contributed by atoms with van der Waals surface area (Å²) in [5.74, 6) is 1.67. The molecule has 0 saturated heterocycles. The fraction of sp³-hybridized carbons (Fsp3) is 0.562. The van der Waals surface area contributed by atoms with Gasteiger partial charge in [0.1, 0.15) is 0 Å². The third-order valence-corrected chi connectivity index (χ3v) is 5.02. The molecule has 2 aliphatic carbocycles. The van der Waals surface area contributed by atoms with Crippen LogP contribution in [-0.4, -0.2) is 30.9 Å². The quantitative estimate of drug-likeness (QED) is 0.922. The predicted octanol–water partition coefficient (Wildman–Crippen LogP) is 3.64. The van der Waals surface area contributed by atoms with Crippen molar-refractivity contribution in [3.63, 3.8) is 0 Å². The fourth-order valence-corrected chi connectivity index (χ4v) is 3.85. The molecule has 0 spiro atoms. The third-order valence-electron chi connectivity index (χ3n) is 4.69. The van der Waals surface area contributed by atoms with Crippen LogP contribution in [0.25, 0.3) is 0 Å². The van der Waals surface area contributed by atoms with Crippen LogP contribution < -0.4 is 5.32 Å². The summed E-state index contributed by atoms with van der Waals surface area (Å²) in [6.07, 6.45) is 5.38. The van der Waals surface area contributed by atoms with Gasteiger partial charge in [0.05, 0.1) is 10.6 Å². The Balaban J connectivity index is 1.77. The van der Waals surface area contributed by atoms with E-state index in [1.807, 2.05) is 18.2 Å². The van der Waals surface area contributed by atoms with Crippen molar-refractivity contribution in [3.05, 3.63) is 28.8 Å². The molecule has 3 atom stereocenters. The van der Waals surface area contributed by atoms with Crippen LogP contribution in [0.5, 0.6) is 0 Å². The van der Waals surface area contributed by atoms with E-state index >= 15 is 0 Å². The summed E-state index contributed by atoms with van der Waals surface area (Å²) in [6, 6.07) is 6.24. The van der Waals surface area contributed by atoms with Crippen molar-refractivity contribution in [3.8, 4) is 0 Å². The molecule has 108 valence electrons. The molecule has 0 aromatic heterocycles. The Labute approximate surface area is 125 Å². The highest BCUT2D eigenvalue weighted by Crippen LogP contribution is 2.45. The summed E-state index contributed by atoms with van der Waals surface area (Å²) in [6.45, 7) is 0. The molecule has 1 aromatic carbocycles. The summed E-state index contributed by atoms with van der Waals surface area (Å²) in [5, 5.41) is 4.12. The van der Waals surface area contributed by atoms with E-state index in [1.54, 1.807) is 19.0 Å². The lowest BCUT2D eigenvalue weighted by Crippen LogP contribution is -2.26. The Morgan fingerprint density at radius 1 is 1.30 bits per heavy atom. The first-order chi connectivity index (χ1) is 9.54. The van der Waals surface area contributed by atoms with E-state index < -0.39 is 0 Å². The molecule has 4 heteroatoms. The Kier molecular flexibility index (Phi) is 3.63. The molecule has 0 heterocycles. The van der Waals surface area contributed by atoms with Crippen LogP contribution in [0, 0.1) is 11.8 Å². The largest absolute Gasteiger partial charge is 0.382 e. The second kappa shape index (κ2) is 5.28. The number of nitrogens with zero attached hydrogens (tertiary/aromatic N) is 1. The minimum absolute atomic E-state index is 0.0495. The first kappa shape index (κ1) is 13.7. The summed E-state index contributed by atoms with van der Waals surface area (Å²) < 4.78 is 0. The molecule has 0 radical (unpaired) electrons. The van der Waals surface area contributed by atoms with E-state index in [1.165, 1.54) is 25.7 Å². The smallest absolute Gasteiger partial charge is 0.254 e. The topological polar surface area (TPSA) is 32.3 Å². The highest BCUT2D eigenvalue weighted by Gasteiger charge is 2.39. The van der Waals surface area contributed by atoms with E-state index in [9.17, 15) is 4.79 Å². The van der Waals surface area contributed by atoms with Crippen LogP contribution in [0.1, 0.15) is 36.0 Å². The molecule has 1 amide bonds. The molecule has 3 nitrogen and oxygen atoms in total. The summed E-state index contributed by atoms with van der Waals surface area (Å²) in [4.78, 5) is 13.7. The minimum Gasteiger partial charge on any atom is -0.382 e. The average molecular weight is 293 g/mol. The molecule has 20 heavy (non-hydrogen) atoms. The summed E-state index contributed by atoms with van der Waals surface area (Å²) in [5.41, 5.74) is 1.59. The zero-order valence-corrected chi connectivity index (χ0v) is 12.8. The van der Waals surface area contributed by atoms with Gasteiger partial charge in [-0.15, -0.1) is 0 Å². The average Bonchev–Trinajstić information content (AvgIpc) is 3.02. The zero-order chi connectivity index (χ0) is 14.3. The van der Waals surface area contributed by atoms with Crippen LogP contribution >= 0.6 is 11.6 Å². The van der Waals surface area contributed by atoms with Gasteiger partial charge in [0.25, 0.3) is 5.91 Å². The van der Waals surface area contributed by atoms with Crippen molar-refractivity contribution < 1.29 is 4.79 Å². The maximum Gasteiger partial charge on any atom is 0.254 e. The Bertz CT molecular complexity index is 529. The molecular weight excluding hydrogens is 272 g/mol. The first-order valence-electron chi connectivity index (χ1n) is 7.32. The van der Waals surface area contributed by atoms with Crippen LogP contribution in [0.15, 0.2) is 18.2 Å². The van der Waals surface area contributed by atoms with Gasteiger partial charge in [-0.1, -0.05) is 18.0 Å². The molecule has 2 fully saturated rings. The van der Waals surface area contributed by atoms with E-state index in [2.05, 4.69) is 5.32 Å². The number of hydrogen-bond donors (Lipinski definition) is 1. The monoisotopic (exact) mass is 292 g/mol. The number of anilines is 1. The van der Waals surface area contributed by atoms with Gasteiger partial charge in [-0.05, 0) is 49.3 Å². The number of carbonyl (C=O) groups excluding carboxylic acids is 1. The Morgan fingerprint density at radius 3 is 2.70 bits per heavy atom. The van der Waals surface area contributed by atoms with Crippen molar-refractivity contribution in [1.82, 2.24) is 4.90 Å². The summed E-state index contributed by atoms with van der Waals surface area (Å²) >= 11 is 6.14. The summed E-state index contributed by atoms with van der Waals surface area (Å²) in [7, 11) is 3.49. The number of fused-ring (bicyclic) bond motifs is 2. The molecule has 3 rings (SSSR count). The SMILES string of the molecule is CN(C)C(=O)c1cc(NC2CC3CCC2C3)ccc1Cl. The highest BCUT2D eigenvalue weighted by atomic mass is 35.5. The number of halogens is 1. The number of benzene rings is 1. The van der Waals surface area contributed by atoms with Crippen molar-refractivity contribution >= 4 is 23.2 Å². The van der Waals surface area contributed by atoms with E-state index in [0.717, 1.165) is 17.5 Å². The third kappa shape index (κ3) is 2.51. The molecular formula is C16H21ClN2O. The maximum absolute atomic E-state index is 12.1. The lowest BCUT2D eigenvalue weighted by Gasteiger charge is -2.24. The van der Waals surface area contributed by atoms with Crippen LogP contribution in [-0.2, 0) is 0 Å². The van der Waals surface area contributed by atoms with Crippen molar-refractivity contribution in [2.75, 3.05) is 19.4 Å². The highest BCUT2D eigenvalue weighted by molar-refractivity contribution is 6.34. The molecule has 1 N–H and O–H groups in total. The molecule has 0 aliphatic heterocycles. The molecule has 2 saturated carbocycles. The number of carbonyl (C=O) groups is 1. The number of rotatable bonds is 3. The van der Waals surface area contributed by atoms with Crippen LogP contribution in [0.2, 0.25) is 5.02 Å². The van der Waals surface area contributed by atoms with Gasteiger partial charge in [0.2, 0.25) is 0 Å². The first-order valence-corrected chi connectivity index (χ1v) is 7.70. The lowest BCUT2D eigenvalue weighted by molar-refractivity contribution is 0.0828. The van der Waals surface area contributed by atoms with Gasteiger partial charge >= 0.3 is 0 Å². The molecule has 2 aliphatic rings. The predicted molar refractivity (Wildman–Crippen MR) is 82.3 cm³/mol. The van der Waals surface area contributed by atoms with Crippen molar-refractivity contribution in [2.24, 2.45) is 11.8 Å². The Hall–Kier alpha value is -1.22. The van der Waals surface area contributed by atoms with Gasteiger partial charge < -0.3 is 10.2 Å². The van der Waals surface area contributed by atoms with E-state index in [0.29, 0.717) is 16.6 Å². The second-order valence-corrected chi connectivity index (χ2v) is 6.73. The molecule has 3 unspecified atom stereocenters. The normalized spacial score (nSPS) is 27.6. The van der Waals surface area contributed by atoms with Crippen LogP contribution in [0.3, 0.4) is 0 Å². The number of hydrogen-bond acceptors (Lipinski definition) is 2. The second-order valence-electron chi connectivity index (χ2n) is 6.32. The lowest BCUT2D eigenvalue weighted by atomic mass is 9.95. The van der Waals surface area contributed by atoms with Gasteiger partial charge in [-0.25, -0.2) is 0 Å². The maximum atomic E-state index is 12.1. The fourth-order valence-electron chi connectivity index (χ4n) is 3.66. The van der Waals surface area contributed by atoms with Gasteiger partial charge in [0, 0.05) is 25.8 Å². The number of nitrogens with one attached hydrogen (secondary N) is 1. The molecule has 2 bridgehead atoms. The minimum atomic E-state index is -0.0495. The van der Waals surface area contributed by atoms with Crippen LogP contribution in [0.4, 0.5) is 5.69 Å². The zero-order valence-electron chi connectivity index (χ0n) is 12.0. The molecule has 1 aromatic rings. The van der Waals surface area contributed by atoms with E-state index in [4.69, 9.17) is 11.6 Å².